The molecule has 0 heterocycles. The summed E-state index contributed by atoms with van der Waals surface area (Å²) in [6.07, 6.45) is 0. The lowest BCUT2D eigenvalue weighted by Gasteiger charge is -2.13. The molecule has 82 valence electrons. The van der Waals surface area contributed by atoms with Crippen LogP contribution in [0.2, 0.25) is 0 Å². The first-order valence-corrected chi connectivity index (χ1v) is 5.54. The SMILES string of the molecule is CNC(=S)Nc1cc(C(C)C)ccc1C. The van der Waals surface area contributed by atoms with Crippen LogP contribution in [0, 0.1) is 6.92 Å². The maximum Gasteiger partial charge on any atom is 0.170 e. The molecule has 0 aliphatic rings. The van der Waals surface area contributed by atoms with Crippen molar-refractivity contribution in [3.05, 3.63) is 29.3 Å². The number of hydrogen-bond donors (Lipinski definition) is 2. The van der Waals surface area contributed by atoms with Crippen LogP contribution in [-0.4, -0.2) is 12.2 Å². The van der Waals surface area contributed by atoms with Crippen molar-refractivity contribution < 1.29 is 0 Å². The van der Waals surface area contributed by atoms with E-state index in [1.165, 1.54) is 11.1 Å². The molecule has 0 unspecified atom stereocenters. The highest BCUT2D eigenvalue weighted by atomic mass is 32.1. The summed E-state index contributed by atoms with van der Waals surface area (Å²) in [5.41, 5.74) is 3.61. The zero-order chi connectivity index (χ0) is 11.4. The summed E-state index contributed by atoms with van der Waals surface area (Å²) in [4.78, 5) is 0. The summed E-state index contributed by atoms with van der Waals surface area (Å²) < 4.78 is 0. The Bertz CT molecular complexity index is 359. The molecule has 1 aromatic carbocycles. The molecule has 0 bridgehead atoms. The van der Waals surface area contributed by atoms with E-state index in [-0.39, 0.29) is 0 Å². The molecule has 2 nitrogen and oxygen atoms in total. The molecule has 0 spiro atoms. The van der Waals surface area contributed by atoms with E-state index in [2.05, 4.69) is 49.6 Å². The fourth-order valence-electron chi connectivity index (χ4n) is 1.32. The lowest BCUT2D eigenvalue weighted by atomic mass is 10.0. The minimum absolute atomic E-state index is 0.536. The lowest BCUT2D eigenvalue weighted by molar-refractivity contribution is 0.866. The summed E-state index contributed by atoms with van der Waals surface area (Å²) in [6, 6.07) is 6.44. The minimum atomic E-state index is 0.536. The Balaban J connectivity index is 2.95. The van der Waals surface area contributed by atoms with Crippen molar-refractivity contribution in [2.45, 2.75) is 26.7 Å². The number of rotatable bonds is 2. The van der Waals surface area contributed by atoms with Gasteiger partial charge in [0, 0.05) is 12.7 Å². The monoisotopic (exact) mass is 222 g/mol. The first kappa shape index (κ1) is 12.0. The Morgan fingerprint density at radius 2 is 2.00 bits per heavy atom. The maximum absolute atomic E-state index is 5.08. The fraction of sp³-hybridized carbons (Fsp3) is 0.417. The van der Waals surface area contributed by atoms with E-state index in [9.17, 15) is 0 Å². The van der Waals surface area contributed by atoms with Gasteiger partial charge in [-0.25, -0.2) is 0 Å². The molecular weight excluding hydrogens is 204 g/mol. The van der Waals surface area contributed by atoms with Crippen molar-refractivity contribution in [2.75, 3.05) is 12.4 Å². The van der Waals surface area contributed by atoms with E-state index in [0.29, 0.717) is 11.0 Å². The number of benzene rings is 1. The highest BCUT2D eigenvalue weighted by Gasteiger charge is 2.04. The molecule has 0 fully saturated rings. The predicted molar refractivity (Wildman–Crippen MR) is 70.5 cm³/mol. The zero-order valence-electron chi connectivity index (χ0n) is 9.72. The van der Waals surface area contributed by atoms with Crippen molar-refractivity contribution in [3.8, 4) is 0 Å². The third kappa shape index (κ3) is 3.20. The molecule has 2 N–H and O–H groups in total. The highest BCUT2D eigenvalue weighted by Crippen LogP contribution is 2.22. The molecule has 15 heavy (non-hydrogen) atoms. The van der Waals surface area contributed by atoms with Gasteiger partial charge in [-0.1, -0.05) is 26.0 Å². The third-order valence-corrected chi connectivity index (χ3v) is 2.71. The average Bonchev–Trinajstić information content (AvgIpc) is 2.20. The van der Waals surface area contributed by atoms with Crippen molar-refractivity contribution in [1.29, 1.82) is 0 Å². The first-order valence-electron chi connectivity index (χ1n) is 5.14. The highest BCUT2D eigenvalue weighted by molar-refractivity contribution is 7.80. The van der Waals surface area contributed by atoms with Crippen LogP contribution in [0.5, 0.6) is 0 Å². The predicted octanol–water partition coefficient (Wildman–Crippen LogP) is 3.03. The summed E-state index contributed by atoms with van der Waals surface area (Å²) in [5.74, 6) is 0.536. The van der Waals surface area contributed by atoms with Crippen LogP contribution in [0.4, 0.5) is 5.69 Å². The van der Waals surface area contributed by atoms with Crippen LogP contribution < -0.4 is 10.6 Å². The normalized spacial score (nSPS) is 10.2. The van der Waals surface area contributed by atoms with Gasteiger partial charge in [-0.2, -0.15) is 0 Å². The second-order valence-electron chi connectivity index (χ2n) is 3.93. The standard InChI is InChI=1S/C12H18N2S/c1-8(2)10-6-5-9(3)11(7-10)14-12(15)13-4/h5-8H,1-4H3,(H2,13,14,15). The van der Waals surface area contributed by atoms with Crippen LogP contribution in [0.3, 0.4) is 0 Å². The molecule has 0 saturated carbocycles. The molecule has 0 aliphatic heterocycles. The van der Waals surface area contributed by atoms with Crippen LogP contribution >= 0.6 is 12.2 Å². The van der Waals surface area contributed by atoms with Gasteiger partial charge in [-0.05, 0) is 42.3 Å². The van der Waals surface area contributed by atoms with Gasteiger partial charge in [-0.3, -0.25) is 0 Å². The van der Waals surface area contributed by atoms with E-state index in [1.807, 2.05) is 7.05 Å². The molecule has 0 atom stereocenters. The van der Waals surface area contributed by atoms with Crippen LogP contribution in [0.15, 0.2) is 18.2 Å². The Kier molecular flexibility index (Phi) is 4.09. The van der Waals surface area contributed by atoms with Crippen LogP contribution in [0.1, 0.15) is 30.9 Å². The molecular formula is C12H18N2S. The smallest absolute Gasteiger partial charge is 0.170 e. The molecule has 0 amide bonds. The number of nitrogens with one attached hydrogen (secondary N) is 2. The van der Waals surface area contributed by atoms with Gasteiger partial charge in [0.25, 0.3) is 0 Å². The van der Waals surface area contributed by atoms with Gasteiger partial charge in [0.2, 0.25) is 0 Å². The Hall–Kier alpha value is -1.09. The molecule has 1 aromatic rings. The Morgan fingerprint density at radius 3 is 2.53 bits per heavy atom. The van der Waals surface area contributed by atoms with E-state index in [4.69, 9.17) is 12.2 Å². The van der Waals surface area contributed by atoms with Crippen molar-refractivity contribution in [1.82, 2.24) is 5.32 Å². The summed E-state index contributed by atoms with van der Waals surface area (Å²) in [5, 5.41) is 6.74. The summed E-state index contributed by atoms with van der Waals surface area (Å²) in [7, 11) is 1.82. The Morgan fingerprint density at radius 1 is 1.33 bits per heavy atom. The van der Waals surface area contributed by atoms with Crippen molar-refractivity contribution in [2.24, 2.45) is 0 Å². The topological polar surface area (TPSA) is 24.1 Å². The molecule has 0 aromatic heterocycles. The second kappa shape index (κ2) is 5.12. The first-order chi connectivity index (χ1) is 7.04. The van der Waals surface area contributed by atoms with Crippen LogP contribution in [0.25, 0.3) is 0 Å². The van der Waals surface area contributed by atoms with E-state index in [0.717, 1.165) is 5.69 Å². The molecule has 3 heteroatoms. The maximum atomic E-state index is 5.08. The van der Waals surface area contributed by atoms with Gasteiger partial charge in [0.05, 0.1) is 0 Å². The molecule has 0 radical (unpaired) electrons. The molecule has 0 saturated heterocycles. The van der Waals surface area contributed by atoms with E-state index < -0.39 is 0 Å². The third-order valence-electron chi connectivity index (χ3n) is 2.40. The van der Waals surface area contributed by atoms with Gasteiger partial charge in [-0.15, -0.1) is 0 Å². The zero-order valence-corrected chi connectivity index (χ0v) is 10.5. The number of aryl methyl sites for hydroxylation is 1. The van der Waals surface area contributed by atoms with E-state index >= 15 is 0 Å². The summed E-state index contributed by atoms with van der Waals surface area (Å²) in [6.45, 7) is 6.44. The number of anilines is 1. The van der Waals surface area contributed by atoms with Gasteiger partial charge in [0.15, 0.2) is 5.11 Å². The quantitative estimate of drug-likeness (QED) is 0.752. The lowest BCUT2D eigenvalue weighted by Crippen LogP contribution is -2.24. The number of hydrogen-bond acceptors (Lipinski definition) is 1. The van der Waals surface area contributed by atoms with Crippen molar-refractivity contribution in [3.63, 3.8) is 0 Å². The van der Waals surface area contributed by atoms with Crippen LogP contribution in [-0.2, 0) is 0 Å². The summed E-state index contributed by atoms with van der Waals surface area (Å²) >= 11 is 5.08. The number of thiocarbonyl (C=S) groups is 1. The largest absolute Gasteiger partial charge is 0.366 e. The Labute approximate surface area is 97.1 Å². The molecule has 0 aliphatic carbocycles. The second-order valence-corrected chi connectivity index (χ2v) is 4.34. The minimum Gasteiger partial charge on any atom is -0.366 e. The van der Waals surface area contributed by atoms with Crippen molar-refractivity contribution >= 4 is 23.0 Å². The molecule has 1 rings (SSSR count). The van der Waals surface area contributed by atoms with Gasteiger partial charge >= 0.3 is 0 Å². The average molecular weight is 222 g/mol. The fourth-order valence-corrected chi connectivity index (χ4v) is 1.43. The van der Waals surface area contributed by atoms with Gasteiger partial charge < -0.3 is 10.6 Å². The van der Waals surface area contributed by atoms with Gasteiger partial charge in [0.1, 0.15) is 0 Å². The van der Waals surface area contributed by atoms with E-state index in [1.54, 1.807) is 0 Å².